The molecule has 0 saturated carbocycles. The van der Waals surface area contributed by atoms with Gasteiger partial charge in [-0.2, -0.15) is 0 Å². The molecule has 63 heavy (non-hydrogen) atoms. The van der Waals surface area contributed by atoms with Crippen LogP contribution >= 0.6 is 0 Å². The van der Waals surface area contributed by atoms with Crippen molar-refractivity contribution in [1.29, 1.82) is 0 Å². The highest BCUT2D eigenvalue weighted by Gasteiger charge is 2.30. The first-order valence-electron chi connectivity index (χ1n) is 26.3. The first-order chi connectivity index (χ1) is 34.1. The van der Waals surface area contributed by atoms with Gasteiger partial charge in [0, 0.05) is 37.9 Å². The van der Waals surface area contributed by atoms with Gasteiger partial charge >= 0.3 is 0 Å². The predicted octanol–water partition coefficient (Wildman–Crippen LogP) is 15.8. The Morgan fingerprint density at radius 1 is 0.571 bits per heavy atom. The van der Waals surface area contributed by atoms with Crippen LogP contribution in [0.1, 0.15) is 98.3 Å². The third-order valence-electron chi connectivity index (χ3n) is 11.8. The third-order valence-corrected chi connectivity index (χ3v) is 11.8. The molecule has 9 aromatic rings. The van der Waals surface area contributed by atoms with E-state index in [2.05, 4.69) is 106 Å². The van der Waals surface area contributed by atoms with Gasteiger partial charge in [-0.1, -0.05) is 183 Å². The molecule has 314 valence electrons. The van der Waals surface area contributed by atoms with Gasteiger partial charge in [0.1, 0.15) is 11.6 Å². The fraction of sp³-hybridized carbons (Fsp3) is 0.220. The monoisotopic (exact) mass is 834 g/mol. The number of hydrogen-bond acceptors (Lipinski definition) is 3. The molecule has 2 heterocycles. The second-order valence-electron chi connectivity index (χ2n) is 19.4. The van der Waals surface area contributed by atoms with Crippen LogP contribution in [0.15, 0.2) is 158 Å². The van der Waals surface area contributed by atoms with E-state index >= 15 is 0 Å². The van der Waals surface area contributed by atoms with Crippen molar-refractivity contribution in [3.8, 4) is 67.5 Å². The number of phenols is 1. The topological polar surface area (TPSA) is 50.9 Å². The summed E-state index contributed by atoms with van der Waals surface area (Å²) < 4.78 is 88.5. The van der Waals surface area contributed by atoms with Crippen molar-refractivity contribution in [2.45, 2.75) is 85.4 Å². The van der Waals surface area contributed by atoms with E-state index in [1.165, 1.54) is 0 Å². The van der Waals surface area contributed by atoms with Gasteiger partial charge in [0.05, 0.1) is 37.6 Å². The number of hydrogen-bond donors (Lipinski definition) is 1. The third kappa shape index (κ3) is 7.84. The van der Waals surface area contributed by atoms with E-state index in [0.29, 0.717) is 33.6 Å². The van der Waals surface area contributed by atoms with Gasteiger partial charge in [-0.15, -0.1) is 0 Å². The minimum absolute atomic E-state index is 0.0413. The van der Waals surface area contributed by atoms with E-state index < -0.39 is 71.2 Å². The Bertz CT molecular complexity index is 3680. The van der Waals surface area contributed by atoms with Gasteiger partial charge in [0.2, 0.25) is 0 Å². The molecule has 7 aromatic carbocycles. The summed E-state index contributed by atoms with van der Waals surface area (Å²) in [6.45, 7) is 15.9. The second kappa shape index (κ2) is 15.5. The molecule has 0 saturated heterocycles. The van der Waals surface area contributed by atoms with Crippen LogP contribution in [0, 0.1) is 6.85 Å². The number of phenolic OH excluding ortho intramolecular Hbond substituents is 1. The van der Waals surface area contributed by atoms with Gasteiger partial charge in [0.25, 0.3) is 0 Å². The Hall–Kier alpha value is -6.78. The van der Waals surface area contributed by atoms with Crippen molar-refractivity contribution in [1.82, 2.24) is 14.5 Å². The van der Waals surface area contributed by atoms with Crippen LogP contribution in [0.2, 0.25) is 0 Å². The lowest BCUT2D eigenvalue weighted by Crippen LogP contribution is -2.17. The molecular weight excluding hydrogens is 767 g/mol. The highest BCUT2D eigenvalue weighted by Crippen LogP contribution is 2.47. The highest BCUT2D eigenvalue weighted by atomic mass is 16.3. The molecule has 2 aromatic heterocycles. The van der Waals surface area contributed by atoms with E-state index in [0.717, 1.165) is 49.8 Å². The first-order valence-corrected chi connectivity index (χ1v) is 21.3. The quantitative estimate of drug-likeness (QED) is 0.182. The summed E-state index contributed by atoms with van der Waals surface area (Å²) >= 11 is 0. The van der Waals surface area contributed by atoms with Crippen LogP contribution in [-0.2, 0) is 16.2 Å². The Morgan fingerprint density at radius 2 is 1.27 bits per heavy atom. The zero-order valence-corrected chi connectivity index (χ0v) is 37.3. The molecule has 4 heteroatoms. The Morgan fingerprint density at radius 3 is 1.98 bits per heavy atom. The fourth-order valence-corrected chi connectivity index (χ4v) is 8.26. The summed E-state index contributed by atoms with van der Waals surface area (Å²) in [5, 5.41) is 14.6. The molecule has 4 nitrogen and oxygen atoms in total. The molecular formula is C59H57N3O. The van der Waals surface area contributed by atoms with E-state index in [1.54, 1.807) is 0 Å². The van der Waals surface area contributed by atoms with Gasteiger partial charge in [-0.05, 0) is 98.2 Å². The van der Waals surface area contributed by atoms with Crippen molar-refractivity contribution in [2.75, 3.05) is 0 Å². The lowest BCUT2D eigenvalue weighted by molar-refractivity contribution is 0.446. The van der Waals surface area contributed by atoms with Crippen LogP contribution < -0.4 is 0 Å². The lowest BCUT2D eigenvalue weighted by Gasteiger charge is -2.28. The van der Waals surface area contributed by atoms with Gasteiger partial charge < -0.3 is 5.11 Å². The van der Waals surface area contributed by atoms with Crippen molar-refractivity contribution in [3.63, 3.8) is 0 Å². The lowest BCUT2D eigenvalue weighted by atomic mass is 9.79. The van der Waals surface area contributed by atoms with Crippen molar-refractivity contribution in [3.05, 3.63) is 180 Å². The van der Waals surface area contributed by atoms with Crippen molar-refractivity contribution < 1.29 is 18.8 Å². The predicted molar refractivity (Wildman–Crippen MR) is 266 cm³/mol. The Kier molecular flexibility index (Phi) is 7.67. The van der Waals surface area contributed by atoms with E-state index in [1.807, 2.05) is 81.4 Å². The molecule has 0 aliphatic rings. The Balaban J connectivity index is 1.39. The zero-order chi connectivity index (χ0) is 53.0. The number of aromatic hydroxyl groups is 1. The number of benzene rings is 7. The number of nitrogens with zero attached hydrogens (tertiary/aromatic N) is 3. The van der Waals surface area contributed by atoms with Crippen LogP contribution in [0.4, 0.5) is 0 Å². The number of fused-ring (bicyclic) bond motifs is 2. The maximum atomic E-state index is 12.6. The number of imidazole rings is 1. The molecule has 0 atom stereocenters. The van der Waals surface area contributed by atoms with Gasteiger partial charge in [0.15, 0.2) is 0 Å². The molecule has 0 bridgehead atoms. The molecule has 0 unspecified atom stereocenters. The normalized spacial score (nSPS) is 14.8. The van der Waals surface area contributed by atoms with E-state index in [4.69, 9.17) is 17.3 Å². The molecule has 0 aliphatic heterocycles. The largest absolute Gasteiger partial charge is 0.507 e. The summed E-state index contributed by atoms with van der Waals surface area (Å²) in [6.07, 6.45) is -0.567. The maximum absolute atomic E-state index is 12.6. The molecule has 1 N–H and O–H groups in total. The Labute approximate surface area is 387 Å². The molecule has 0 aliphatic carbocycles. The second-order valence-corrected chi connectivity index (χ2v) is 19.4. The SMILES string of the molecule is [2H]c1nc(-c2cc(-c3cccc4c3nc(-c3cc(C(C)(C)C)cc(C(C)(C)C)c3O)n4-c3c(-c4ccccc4)ccc4ccccc34)cc(C(C)(C)C)c2)c([2H])c(-c2c([2H])c([2H])c(C([2H])([2H])[2H])c([2H])c2[2H])c1[2H]. The van der Waals surface area contributed by atoms with Crippen LogP contribution in [0.25, 0.3) is 83.5 Å². The minimum Gasteiger partial charge on any atom is -0.507 e. The van der Waals surface area contributed by atoms with Crippen molar-refractivity contribution in [2.24, 2.45) is 0 Å². The van der Waals surface area contributed by atoms with Crippen LogP contribution in [0.5, 0.6) is 5.75 Å². The maximum Gasteiger partial charge on any atom is 0.149 e. The first kappa shape index (κ1) is 31.1. The standard InChI is InChI=1S/C59H57N3O/c1-37-23-25-38(26-24-37)41-29-30-60-51(34-41)43-31-42(32-44(33-43)57(2,3)4)46-21-16-22-52-53(46)61-56(49-35-45(58(5,6)7)36-50(55(49)63)59(8,9)10)62(52)54-47-20-15-14-19-40(47)27-28-48(54)39-17-12-11-13-18-39/h11-36,63H,1-10H3/i1D3,23D,24D,25D,26D,29D,30D,34D. The number of aromatic nitrogens is 3. The van der Waals surface area contributed by atoms with Crippen molar-refractivity contribution >= 4 is 21.8 Å². The summed E-state index contributed by atoms with van der Waals surface area (Å²) in [5.74, 6) is 0.646. The molecule has 9 rings (SSSR count). The van der Waals surface area contributed by atoms with Crippen LogP contribution in [0.3, 0.4) is 0 Å². The summed E-state index contributed by atoms with van der Waals surface area (Å²) in [4.78, 5) is 10.1. The van der Waals surface area contributed by atoms with Gasteiger partial charge in [-0.25, -0.2) is 4.98 Å². The molecule has 0 amide bonds. The number of rotatable bonds is 6. The fourth-order valence-electron chi connectivity index (χ4n) is 8.26. The summed E-state index contributed by atoms with van der Waals surface area (Å²) in [7, 11) is 0. The highest BCUT2D eigenvalue weighted by molar-refractivity contribution is 6.03. The van der Waals surface area contributed by atoms with E-state index in [9.17, 15) is 6.48 Å². The zero-order valence-electron chi connectivity index (χ0n) is 47.3. The van der Waals surface area contributed by atoms with E-state index in [-0.39, 0.29) is 22.4 Å². The average Bonchev–Trinajstić information content (AvgIpc) is 3.70. The van der Waals surface area contributed by atoms with Crippen LogP contribution in [-0.4, -0.2) is 19.6 Å². The summed E-state index contributed by atoms with van der Waals surface area (Å²) in [5.41, 5.74) is 6.29. The smallest absolute Gasteiger partial charge is 0.149 e. The minimum atomic E-state index is -2.97. The summed E-state index contributed by atoms with van der Waals surface area (Å²) in [6, 6.07) is 34.5. The average molecular weight is 834 g/mol. The van der Waals surface area contributed by atoms with Gasteiger partial charge in [-0.3, -0.25) is 9.55 Å². The number of pyridine rings is 1. The molecule has 0 fully saturated rings. The molecule has 0 radical (unpaired) electrons. The molecule has 0 spiro atoms. The number of para-hydroxylation sites is 1.